The van der Waals surface area contributed by atoms with Crippen molar-refractivity contribution in [2.45, 2.75) is 44.0 Å². The molecule has 0 aliphatic heterocycles. The van der Waals surface area contributed by atoms with E-state index in [-0.39, 0.29) is 6.10 Å². The van der Waals surface area contributed by atoms with Gasteiger partial charge in [-0.1, -0.05) is 25.0 Å². The van der Waals surface area contributed by atoms with E-state index < -0.39 is 0 Å². The first-order valence-electron chi connectivity index (χ1n) is 7.39. The van der Waals surface area contributed by atoms with Crippen molar-refractivity contribution in [2.75, 3.05) is 5.75 Å². The van der Waals surface area contributed by atoms with E-state index in [2.05, 4.69) is 17.1 Å². The molecule has 2 aromatic rings. The number of rotatable bonds is 4. The van der Waals surface area contributed by atoms with E-state index in [1.807, 2.05) is 36.9 Å². The zero-order valence-corrected chi connectivity index (χ0v) is 12.7. The van der Waals surface area contributed by atoms with Gasteiger partial charge < -0.3 is 5.11 Å². The minimum atomic E-state index is -0.369. The smallest absolute Gasteiger partial charge is 0.0880 e. The van der Waals surface area contributed by atoms with Crippen LogP contribution in [0.15, 0.2) is 30.3 Å². The van der Waals surface area contributed by atoms with Gasteiger partial charge >= 0.3 is 0 Å². The number of aliphatic hydroxyl groups excluding tert-OH is 1. The number of fused-ring (bicyclic) bond motifs is 1. The lowest BCUT2D eigenvalue weighted by Crippen LogP contribution is -2.05. The monoisotopic (exact) mass is 287 g/mol. The van der Waals surface area contributed by atoms with E-state index in [0.717, 1.165) is 33.2 Å². The fourth-order valence-corrected chi connectivity index (χ4v) is 4.15. The van der Waals surface area contributed by atoms with Crippen LogP contribution in [0.4, 0.5) is 0 Å². The van der Waals surface area contributed by atoms with Crippen molar-refractivity contribution in [3.05, 3.63) is 41.6 Å². The van der Waals surface area contributed by atoms with E-state index in [0.29, 0.717) is 0 Å². The predicted octanol–water partition coefficient (Wildman–Crippen LogP) is 4.25. The Balaban J connectivity index is 1.70. The molecule has 0 spiro atoms. The molecule has 106 valence electrons. The molecule has 0 radical (unpaired) electrons. The van der Waals surface area contributed by atoms with Crippen molar-refractivity contribution >= 4 is 22.7 Å². The van der Waals surface area contributed by atoms with E-state index in [4.69, 9.17) is 0 Å². The van der Waals surface area contributed by atoms with E-state index in [1.165, 1.54) is 25.7 Å². The standard InChI is InChI=1S/C17H21NOS/c1-12-6-7-13-10-14(8-9-16(13)18-12)17(19)11-20-15-4-2-3-5-15/h6-10,15,17,19H,2-5,11H2,1H3. The van der Waals surface area contributed by atoms with E-state index >= 15 is 0 Å². The van der Waals surface area contributed by atoms with Crippen LogP contribution in [0.25, 0.3) is 10.9 Å². The second-order valence-corrected chi connectivity index (χ2v) is 6.99. The Morgan fingerprint density at radius 2 is 2.05 bits per heavy atom. The lowest BCUT2D eigenvalue weighted by atomic mass is 10.1. The number of hydrogen-bond donors (Lipinski definition) is 1. The van der Waals surface area contributed by atoms with Crippen LogP contribution in [0.3, 0.4) is 0 Å². The molecule has 20 heavy (non-hydrogen) atoms. The highest BCUT2D eigenvalue weighted by Crippen LogP contribution is 2.32. The number of aliphatic hydroxyl groups is 1. The minimum absolute atomic E-state index is 0.369. The number of pyridine rings is 1. The normalized spacial score (nSPS) is 17.7. The Kier molecular flexibility index (Phi) is 4.27. The summed E-state index contributed by atoms with van der Waals surface area (Å²) in [7, 11) is 0. The summed E-state index contributed by atoms with van der Waals surface area (Å²) in [6.45, 7) is 2.00. The van der Waals surface area contributed by atoms with Crippen LogP contribution in [-0.4, -0.2) is 21.1 Å². The lowest BCUT2D eigenvalue weighted by Gasteiger charge is -2.14. The topological polar surface area (TPSA) is 33.1 Å². The highest BCUT2D eigenvalue weighted by Gasteiger charge is 2.17. The van der Waals surface area contributed by atoms with E-state index in [1.54, 1.807) is 0 Å². The second kappa shape index (κ2) is 6.15. The maximum absolute atomic E-state index is 10.4. The first-order valence-corrected chi connectivity index (χ1v) is 8.44. The molecule has 1 aliphatic carbocycles. The minimum Gasteiger partial charge on any atom is -0.388 e. The molecule has 1 aromatic carbocycles. The van der Waals surface area contributed by atoms with Crippen LogP contribution in [0.2, 0.25) is 0 Å². The highest BCUT2D eigenvalue weighted by molar-refractivity contribution is 7.99. The van der Waals surface area contributed by atoms with Crippen molar-refractivity contribution in [3.8, 4) is 0 Å². The summed E-state index contributed by atoms with van der Waals surface area (Å²) in [4.78, 5) is 4.50. The quantitative estimate of drug-likeness (QED) is 0.912. The number of hydrogen-bond acceptors (Lipinski definition) is 3. The van der Waals surface area contributed by atoms with Crippen molar-refractivity contribution in [2.24, 2.45) is 0 Å². The van der Waals surface area contributed by atoms with Gasteiger partial charge in [0.1, 0.15) is 0 Å². The molecule has 0 saturated heterocycles. The molecule has 1 aliphatic rings. The number of aromatic nitrogens is 1. The van der Waals surface area contributed by atoms with Gasteiger partial charge in [-0.2, -0.15) is 11.8 Å². The zero-order valence-electron chi connectivity index (χ0n) is 11.9. The Morgan fingerprint density at radius 1 is 1.25 bits per heavy atom. The first kappa shape index (κ1) is 13.9. The van der Waals surface area contributed by atoms with Gasteiger partial charge in [0.05, 0.1) is 11.6 Å². The van der Waals surface area contributed by atoms with Crippen LogP contribution in [0.1, 0.15) is 43.0 Å². The van der Waals surface area contributed by atoms with Gasteiger partial charge in [-0.3, -0.25) is 4.98 Å². The molecule has 0 amide bonds. The fourth-order valence-electron chi connectivity index (χ4n) is 2.83. The predicted molar refractivity (Wildman–Crippen MR) is 86.2 cm³/mol. The third kappa shape index (κ3) is 3.15. The van der Waals surface area contributed by atoms with Gasteiger partial charge in [0, 0.05) is 22.1 Å². The Morgan fingerprint density at radius 3 is 2.85 bits per heavy atom. The van der Waals surface area contributed by atoms with Gasteiger partial charge in [-0.25, -0.2) is 0 Å². The molecule has 1 unspecified atom stereocenters. The molecule has 3 heteroatoms. The molecular weight excluding hydrogens is 266 g/mol. The molecule has 3 rings (SSSR count). The molecule has 1 aromatic heterocycles. The molecule has 1 fully saturated rings. The van der Waals surface area contributed by atoms with Crippen molar-refractivity contribution in [1.29, 1.82) is 0 Å². The second-order valence-electron chi connectivity index (χ2n) is 5.66. The average molecular weight is 287 g/mol. The molecule has 1 saturated carbocycles. The molecule has 1 N–H and O–H groups in total. The van der Waals surface area contributed by atoms with Crippen LogP contribution >= 0.6 is 11.8 Å². The summed E-state index contributed by atoms with van der Waals surface area (Å²) in [6, 6.07) is 10.2. The van der Waals surface area contributed by atoms with E-state index in [9.17, 15) is 5.11 Å². The highest BCUT2D eigenvalue weighted by atomic mass is 32.2. The number of nitrogens with zero attached hydrogens (tertiary/aromatic N) is 1. The van der Waals surface area contributed by atoms with Crippen molar-refractivity contribution in [3.63, 3.8) is 0 Å². The summed E-state index contributed by atoms with van der Waals surface area (Å²) in [6.07, 6.45) is 4.98. The van der Waals surface area contributed by atoms with Gasteiger partial charge in [0.25, 0.3) is 0 Å². The third-order valence-corrected chi connectivity index (χ3v) is 5.48. The van der Waals surface area contributed by atoms with Crippen LogP contribution in [0, 0.1) is 6.92 Å². The van der Waals surface area contributed by atoms with Gasteiger partial charge in [-0.05, 0) is 43.5 Å². The van der Waals surface area contributed by atoms with Gasteiger partial charge in [0.15, 0.2) is 0 Å². The first-order chi connectivity index (χ1) is 9.72. The fraction of sp³-hybridized carbons (Fsp3) is 0.471. The Bertz CT molecular complexity index is 593. The molecule has 2 nitrogen and oxygen atoms in total. The average Bonchev–Trinajstić information content (AvgIpc) is 2.97. The number of thioether (sulfide) groups is 1. The molecule has 1 heterocycles. The maximum atomic E-state index is 10.4. The zero-order chi connectivity index (χ0) is 13.9. The van der Waals surface area contributed by atoms with Crippen molar-refractivity contribution < 1.29 is 5.11 Å². The van der Waals surface area contributed by atoms with Crippen LogP contribution < -0.4 is 0 Å². The van der Waals surface area contributed by atoms with Crippen LogP contribution in [0.5, 0.6) is 0 Å². The largest absolute Gasteiger partial charge is 0.388 e. The Labute approximate surface area is 124 Å². The SMILES string of the molecule is Cc1ccc2cc(C(O)CSC3CCCC3)ccc2n1. The summed E-state index contributed by atoms with van der Waals surface area (Å²) in [5.41, 5.74) is 3.04. The summed E-state index contributed by atoms with van der Waals surface area (Å²) >= 11 is 1.93. The molecule has 1 atom stereocenters. The molecule has 0 bridgehead atoms. The summed E-state index contributed by atoms with van der Waals surface area (Å²) in [5, 5.41) is 12.2. The Hall–Kier alpha value is -1.06. The van der Waals surface area contributed by atoms with Gasteiger partial charge in [0.2, 0.25) is 0 Å². The molecular formula is C17H21NOS. The number of aryl methyl sites for hydroxylation is 1. The summed E-state index contributed by atoms with van der Waals surface area (Å²) < 4.78 is 0. The van der Waals surface area contributed by atoms with Crippen molar-refractivity contribution in [1.82, 2.24) is 4.98 Å². The summed E-state index contributed by atoms with van der Waals surface area (Å²) in [5.74, 6) is 0.801. The lowest BCUT2D eigenvalue weighted by molar-refractivity contribution is 0.204. The maximum Gasteiger partial charge on any atom is 0.0880 e. The van der Waals surface area contributed by atoms with Crippen LogP contribution in [-0.2, 0) is 0 Å². The third-order valence-electron chi connectivity index (χ3n) is 4.03. The van der Waals surface area contributed by atoms with Gasteiger partial charge in [-0.15, -0.1) is 0 Å². The number of benzene rings is 1.